The van der Waals surface area contributed by atoms with Crippen LogP contribution in [0.25, 0.3) is 0 Å². The van der Waals surface area contributed by atoms with Gasteiger partial charge < -0.3 is 9.53 Å². The average Bonchev–Trinajstić information content (AvgIpc) is 2.60. The zero-order valence-electron chi connectivity index (χ0n) is 19.0. The molecule has 0 aromatic rings. The highest BCUT2D eigenvalue weighted by Crippen LogP contribution is 2.37. The molecule has 0 aliphatic heterocycles. The molecule has 1 rings (SSSR count). The first kappa shape index (κ1) is 27.3. The van der Waals surface area contributed by atoms with Gasteiger partial charge in [-0.1, -0.05) is 48.0 Å². The molecule has 27 heavy (non-hydrogen) atoms. The summed E-state index contributed by atoms with van der Waals surface area (Å²) in [6, 6.07) is 0. The van der Waals surface area contributed by atoms with Crippen molar-refractivity contribution in [2.45, 2.75) is 102 Å². The minimum absolute atomic E-state index is 0.454. The molecule has 1 aliphatic rings. The molecule has 1 aliphatic carbocycles. The molecule has 4 unspecified atom stereocenters. The summed E-state index contributed by atoms with van der Waals surface area (Å²) in [5, 5.41) is 0.454. The Balaban J connectivity index is 0.000000503. The van der Waals surface area contributed by atoms with Crippen molar-refractivity contribution in [1.29, 1.82) is 0 Å². The Morgan fingerprint density at radius 1 is 1.19 bits per heavy atom. The molecule has 1 saturated carbocycles. The second-order valence-electron chi connectivity index (χ2n) is 9.15. The van der Waals surface area contributed by atoms with Crippen molar-refractivity contribution in [3.05, 3.63) is 0 Å². The predicted octanol–water partition coefficient (Wildman–Crippen LogP) is 7.26. The molecule has 0 saturated heterocycles. The number of carbonyl (C=O) groups excluding carboxylic acids is 1. The third-order valence-electron chi connectivity index (χ3n) is 5.38. The van der Waals surface area contributed by atoms with Gasteiger partial charge in [0.1, 0.15) is 10.4 Å². The van der Waals surface area contributed by atoms with Gasteiger partial charge in [0.05, 0.1) is 0 Å². The highest BCUT2D eigenvalue weighted by Gasteiger charge is 2.27. The van der Waals surface area contributed by atoms with E-state index in [1.54, 1.807) is 18.9 Å². The fourth-order valence-electron chi connectivity index (χ4n) is 4.03. The number of hydrogen-bond acceptors (Lipinski definition) is 4. The van der Waals surface area contributed by atoms with Gasteiger partial charge in [-0.2, -0.15) is 12.6 Å². The molecule has 0 aromatic heterocycles. The number of methoxy groups -OCH3 is 1. The molecule has 0 spiro atoms. The third kappa shape index (κ3) is 14.0. The number of hydrogen-bond donors (Lipinski definition) is 1. The van der Waals surface area contributed by atoms with Crippen molar-refractivity contribution in [1.82, 2.24) is 0 Å². The number of aldehydes is 1. The van der Waals surface area contributed by atoms with Gasteiger partial charge in [0, 0.05) is 19.0 Å². The van der Waals surface area contributed by atoms with Gasteiger partial charge in [0.15, 0.2) is 0 Å². The zero-order chi connectivity index (χ0) is 20.9. The van der Waals surface area contributed by atoms with Crippen LogP contribution in [0.1, 0.15) is 92.9 Å². The number of rotatable bonds is 11. The molecule has 0 bridgehead atoms. The molecular weight excluding hydrogens is 372 g/mol. The van der Waals surface area contributed by atoms with Gasteiger partial charge in [0.2, 0.25) is 0 Å². The molecule has 4 heteroatoms. The van der Waals surface area contributed by atoms with E-state index in [1.807, 2.05) is 0 Å². The Morgan fingerprint density at radius 3 is 2.30 bits per heavy atom. The molecule has 162 valence electrons. The first-order valence-electron chi connectivity index (χ1n) is 11.0. The Hall–Kier alpha value is 0.330. The molecule has 0 amide bonds. The van der Waals surface area contributed by atoms with E-state index in [2.05, 4.69) is 54.2 Å². The summed E-state index contributed by atoms with van der Waals surface area (Å²) in [5.74, 6) is 3.59. The van der Waals surface area contributed by atoms with Crippen LogP contribution < -0.4 is 0 Å². The lowest BCUT2D eigenvalue weighted by Gasteiger charge is -2.32. The maximum atomic E-state index is 10.9. The lowest BCUT2D eigenvalue weighted by molar-refractivity contribution is -0.108. The van der Waals surface area contributed by atoms with Crippen LogP contribution in [-0.4, -0.2) is 29.3 Å². The van der Waals surface area contributed by atoms with Crippen molar-refractivity contribution in [3.8, 4) is 0 Å². The van der Waals surface area contributed by atoms with E-state index >= 15 is 0 Å². The summed E-state index contributed by atoms with van der Waals surface area (Å²) < 4.78 is 4.64. The second-order valence-corrected chi connectivity index (χ2v) is 12.2. The van der Waals surface area contributed by atoms with Crippen molar-refractivity contribution >= 4 is 30.7 Å². The van der Waals surface area contributed by atoms with Crippen LogP contribution in [0.4, 0.5) is 0 Å². The van der Waals surface area contributed by atoms with Crippen LogP contribution in [0.15, 0.2) is 0 Å². The molecule has 0 aromatic carbocycles. The Bertz CT molecular complexity index is 373. The van der Waals surface area contributed by atoms with E-state index in [9.17, 15) is 4.79 Å². The number of thioether (sulfide) groups is 1. The monoisotopic (exact) mass is 418 g/mol. The van der Waals surface area contributed by atoms with Crippen LogP contribution in [0.3, 0.4) is 0 Å². The summed E-state index contributed by atoms with van der Waals surface area (Å²) in [4.78, 5) is 10.9. The lowest BCUT2D eigenvalue weighted by Crippen LogP contribution is -2.21. The van der Waals surface area contributed by atoms with Gasteiger partial charge in [-0.05, 0) is 68.6 Å². The van der Waals surface area contributed by atoms with Crippen molar-refractivity contribution in [2.24, 2.45) is 23.7 Å². The molecule has 1 fully saturated rings. The molecule has 0 radical (unpaired) electrons. The van der Waals surface area contributed by atoms with Crippen LogP contribution >= 0.6 is 24.4 Å². The Labute approximate surface area is 179 Å². The summed E-state index contributed by atoms with van der Waals surface area (Å²) in [6.07, 6.45) is 11.3. The van der Waals surface area contributed by atoms with Gasteiger partial charge in [0.25, 0.3) is 0 Å². The highest BCUT2D eigenvalue weighted by atomic mass is 32.2. The van der Waals surface area contributed by atoms with Gasteiger partial charge in [-0.15, -0.1) is 11.8 Å². The standard InChI is InChI=1S/C13H26O.C10H20OS2/c1-4-12-8-11(2)9-13(10-12)6-5-7-14-3;1-8(2)5-6-10(12,7-11)13-9(3)4/h11-13H,4-10H2,1-3H3;7-9,12H,5-6H2,1-4H3. The number of ether oxygens (including phenoxy) is 1. The van der Waals surface area contributed by atoms with Crippen molar-refractivity contribution in [3.63, 3.8) is 0 Å². The van der Waals surface area contributed by atoms with Crippen molar-refractivity contribution in [2.75, 3.05) is 13.7 Å². The summed E-state index contributed by atoms with van der Waals surface area (Å²) in [5.41, 5.74) is 0. The van der Waals surface area contributed by atoms with E-state index in [-0.39, 0.29) is 0 Å². The zero-order valence-corrected chi connectivity index (χ0v) is 20.7. The summed E-state index contributed by atoms with van der Waals surface area (Å²) in [6.45, 7) is 14.2. The maximum Gasteiger partial charge on any atom is 0.145 e. The molecule has 2 nitrogen and oxygen atoms in total. The second kappa shape index (κ2) is 15.2. The van der Waals surface area contributed by atoms with E-state index in [4.69, 9.17) is 4.74 Å². The SMILES string of the molecule is CC(C)CCC(S)(C=O)SC(C)C.CCC1CC(C)CC(CCCOC)C1. The first-order valence-corrected chi connectivity index (χ1v) is 12.3. The first-order chi connectivity index (χ1) is 12.7. The van der Waals surface area contributed by atoms with E-state index in [0.717, 1.165) is 43.5 Å². The van der Waals surface area contributed by atoms with Gasteiger partial charge in [-0.3, -0.25) is 0 Å². The van der Waals surface area contributed by atoms with Crippen LogP contribution in [0.2, 0.25) is 0 Å². The fraction of sp³-hybridized carbons (Fsp3) is 0.957. The van der Waals surface area contributed by atoms with E-state index in [0.29, 0.717) is 11.2 Å². The highest BCUT2D eigenvalue weighted by molar-refractivity contribution is 8.12. The minimum atomic E-state index is -0.474. The Morgan fingerprint density at radius 2 is 1.81 bits per heavy atom. The van der Waals surface area contributed by atoms with Crippen LogP contribution in [-0.2, 0) is 9.53 Å². The van der Waals surface area contributed by atoms with Crippen molar-refractivity contribution < 1.29 is 9.53 Å². The van der Waals surface area contributed by atoms with Crippen LogP contribution in [0, 0.1) is 23.7 Å². The normalized spacial score (nSPS) is 25.0. The van der Waals surface area contributed by atoms with Gasteiger partial charge in [-0.25, -0.2) is 0 Å². The third-order valence-corrected chi connectivity index (χ3v) is 7.21. The predicted molar refractivity (Wildman–Crippen MR) is 126 cm³/mol. The Kier molecular flexibility index (Phi) is 15.4. The summed E-state index contributed by atoms with van der Waals surface area (Å²) in [7, 11) is 1.80. The molecule has 0 heterocycles. The van der Waals surface area contributed by atoms with E-state index in [1.165, 1.54) is 38.5 Å². The topological polar surface area (TPSA) is 26.3 Å². The average molecular weight is 419 g/mol. The van der Waals surface area contributed by atoms with Crippen LogP contribution in [0.5, 0.6) is 0 Å². The minimum Gasteiger partial charge on any atom is -0.385 e. The molecular formula is C23H46O2S2. The smallest absolute Gasteiger partial charge is 0.145 e. The largest absolute Gasteiger partial charge is 0.385 e. The molecule has 0 N–H and O–H groups in total. The molecule has 4 atom stereocenters. The quantitative estimate of drug-likeness (QED) is 0.165. The van der Waals surface area contributed by atoms with E-state index < -0.39 is 4.08 Å². The maximum absolute atomic E-state index is 10.9. The number of thiol groups is 1. The summed E-state index contributed by atoms with van der Waals surface area (Å²) >= 11 is 6.07. The van der Waals surface area contributed by atoms with Gasteiger partial charge >= 0.3 is 0 Å². The lowest BCUT2D eigenvalue weighted by atomic mass is 9.73. The number of carbonyl (C=O) groups is 1. The fourth-order valence-corrected chi connectivity index (χ4v) is 5.90.